The molecule has 1 heterocycles. The van der Waals surface area contributed by atoms with Gasteiger partial charge >= 0.3 is 0 Å². The Balaban J connectivity index is 1.72. The molecule has 0 saturated carbocycles. The Kier molecular flexibility index (Phi) is 7.97. The molecule has 1 amide bonds. The highest BCUT2D eigenvalue weighted by atomic mass is 16.5. The zero-order valence-corrected chi connectivity index (χ0v) is 21.5. The van der Waals surface area contributed by atoms with Crippen LogP contribution in [0.3, 0.4) is 0 Å². The first-order chi connectivity index (χ1) is 17.8. The van der Waals surface area contributed by atoms with Crippen molar-refractivity contribution in [3.63, 3.8) is 0 Å². The second-order valence-corrected chi connectivity index (χ2v) is 9.53. The van der Waals surface area contributed by atoms with Gasteiger partial charge in [0.1, 0.15) is 17.3 Å². The van der Waals surface area contributed by atoms with E-state index in [0.29, 0.717) is 23.5 Å². The van der Waals surface area contributed by atoms with Crippen molar-refractivity contribution in [2.24, 2.45) is 0 Å². The molecule has 2 N–H and O–H groups in total. The van der Waals surface area contributed by atoms with Gasteiger partial charge in [0.2, 0.25) is 0 Å². The Labute approximate surface area is 217 Å². The first-order valence-electron chi connectivity index (χ1n) is 12.7. The number of ether oxygens (including phenoxy) is 1. The number of Topliss-reactive ketones (excluding diaryl/α,β-unsaturated/α-hetero) is 1. The smallest absolute Gasteiger partial charge is 0.295 e. The number of aryl methyl sites for hydroxylation is 2. The van der Waals surface area contributed by atoms with E-state index in [2.05, 4.69) is 6.92 Å². The van der Waals surface area contributed by atoms with Crippen molar-refractivity contribution in [1.29, 1.82) is 0 Å². The molecule has 192 valence electrons. The summed E-state index contributed by atoms with van der Waals surface area (Å²) in [5, 5.41) is 21.1. The summed E-state index contributed by atoms with van der Waals surface area (Å²) in [6.07, 6.45) is 3.17. The SMILES string of the molecule is CCCCCOc1ccc(/C(O)=C2\C(=O)C(=O)N(Cc3cc(C)ccc3C)C2c2ccc(O)cc2)cc1. The fourth-order valence-electron chi connectivity index (χ4n) is 4.61. The van der Waals surface area contributed by atoms with Crippen molar-refractivity contribution in [2.75, 3.05) is 6.61 Å². The predicted molar refractivity (Wildman–Crippen MR) is 143 cm³/mol. The molecule has 1 saturated heterocycles. The van der Waals surface area contributed by atoms with E-state index < -0.39 is 17.7 Å². The average Bonchev–Trinajstić information content (AvgIpc) is 3.14. The van der Waals surface area contributed by atoms with Crippen LogP contribution in [0.15, 0.2) is 72.3 Å². The summed E-state index contributed by atoms with van der Waals surface area (Å²) in [5.74, 6) is -0.891. The summed E-state index contributed by atoms with van der Waals surface area (Å²) in [4.78, 5) is 28.1. The molecule has 6 nitrogen and oxygen atoms in total. The van der Waals surface area contributed by atoms with Crippen molar-refractivity contribution < 1.29 is 24.5 Å². The Morgan fingerprint density at radius 1 is 0.946 bits per heavy atom. The minimum atomic E-state index is -0.800. The average molecular weight is 500 g/mol. The fourth-order valence-corrected chi connectivity index (χ4v) is 4.61. The lowest BCUT2D eigenvalue weighted by molar-refractivity contribution is -0.140. The molecule has 0 aromatic heterocycles. The van der Waals surface area contributed by atoms with Gasteiger partial charge in [0, 0.05) is 12.1 Å². The summed E-state index contributed by atoms with van der Waals surface area (Å²) in [7, 11) is 0. The van der Waals surface area contributed by atoms with Gasteiger partial charge < -0.3 is 19.8 Å². The number of ketones is 1. The fraction of sp³-hybridized carbons (Fsp3) is 0.290. The number of phenols is 1. The van der Waals surface area contributed by atoms with Gasteiger partial charge in [-0.05, 0) is 73.4 Å². The molecule has 1 fully saturated rings. The van der Waals surface area contributed by atoms with E-state index in [9.17, 15) is 19.8 Å². The maximum Gasteiger partial charge on any atom is 0.295 e. The van der Waals surface area contributed by atoms with Crippen molar-refractivity contribution in [3.8, 4) is 11.5 Å². The van der Waals surface area contributed by atoms with Gasteiger partial charge in [0.25, 0.3) is 11.7 Å². The topological polar surface area (TPSA) is 87.1 Å². The van der Waals surface area contributed by atoms with E-state index in [-0.39, 0.29) is 23.6 Å². The number of amides is 1. The molecule has 3 aromatic rings. The number of unbranched alkanes of at least 4 members (excludes halogenated alkanes) is 2. The zero-order chi connectivity index (χ0) is 26.5. The number of carbonyl (C=O) groups excluding carboxylic acids is 2. The molecule has 0 spiro atoms. The Hall–Kier alpha value is -4.06. The number of carbonyl (C=O) groups is 2. The van der Waals surface area contributed by atoms with Crippen molar-refractivity contribution in [1.82, 2.24) is 4.90 Å². The minimum Gasteiger partial charge on any atom is -0.508 e. The first kappa shape index (κ1) is 26.0. The van der Waals surface area contributed by atoms with Crippen LogP contribution in [0.5, 0.6) is 11.5 Å². The molecule has 37 heavy (non-hydrogen) atoms. The van der Waals surface area contributed by atoms with Gasteiger partial charge in [-0.15, -0.1) is 0 Å². The van der Waals surface area contributed by atoms with Crippen LogP contribution in [0, 0.1) is 13.8 Å². The number of aliphatic hydroxyl groups excluding tert-OH is 1. The van der Waals surface area contributed by atoms with Crippen LogP contribution < -0.4 is 4.74 Å². The van der Waals surface area contributed by atoms with Gasteiger partial charge in [-0.1, -0.05) is 55.7 Å². The van der Waals surface area contributed by atoms with Gasteiger partial charge in [-0.25, -0.2) is 0 Å². The van der Waals surface area contributed by atoms with Crippen LogP contribution in [0.4, 0.5) is 0 Å². The van der Waals surface area contributed by atoms with E-state index in [4.69, 9.17) is 4.74 Å². The second-order valence-electron chi connectivity index (χ2n) is 9.53. The lowest BCUT2D eigenvalue weighted by Crippen LogP contribution is -2.29. The third kappa shape index (κ3) is 5.69. The second kappa shape index (κ2) is 11.3. The maximum absolute atomic E-state index is 13.3. The van der Waals surface area contributed by atoms with E-state index in [1.807, 2.05) is 32.0 Å². The molecule has 0 radical (unpaired) electrons. The molecule has 1 atom stereocenters. The van der Waals surface area contributed by atoms with Crippen LogP contribution in [-0.4, -0.2) is 33.4 Å². The largest absolute Gasteiger partial charge is 0.508 e. The molecule has 3 aromatic carbocycles. The number of hydrogen-bond donors (Lipinski definition) is 2. The Morgan fingerprint density at radius 3 is 2.32 bits per heavy atom. The van der Waals surface area contributed by atoms with E-state index in [1.54, 1.807) is 36.4 Å². The number of aromatic hydroxyl groups is 1. The Morgan fingerprint density at radius 2 is 1.65 bits per heavy atom. The minimum absolute atomic E-state index is 0.0256. The van der Waals surface area contributed by atoms with Gasteiger partial charge in [0.05, 0.1) is 18.2 Å². The lowest BCUT2D eigenvalue weighted by atomic mass is 9.95. The Bertz CT molecular complexity index is 1310. The summed E-state index contributed by atoms with van der Waals surface area (Å²) < 4.78 is 5.76. The number of rotatable bonds is 9. The molecule has 6 heteroatoms. The molecule has 1 aliphatic heterocycles. The normalized spacial score (nSPS) is 16.8. The summed E-state index contributed by atoms with van der Waals surface area (Å²) in [6.45, 7) is 6.90. The van der Waals surface area contributed by atoms with Crippen LogP contribution in [0.1, 0.15) is 60.0 Å². The highest BCUT2D eigenvalue weighted by Gasteiger charge is 2.46. The van der Waals surface area contributed by atoms with Crippen molar-refractivity contribution in [2.45, 2.75) is 52.6 Å². The molecular formula is C31H33NO5. The standard InChI is InChI=1S/C31H33NO5/c1-4-5-6-17-37-26-15-11-23(12-16-26)29(34)27-28(22-9-13-25(33)14-10-22)32(31(36)30(27)35)19-24-18-20(2)7-8-21(24)3/h7-16,18,28,33-34H,4-6,17,19H2,1-3H3/b29-27+. The van der Waals surface area contributed by atoms with Crippen LogP contribution in [0.25, 0.3) is 5.76 Å². The number of likely N-dealkylation sites (tertiary alicyclic amines) is 1. The zero-order valence-electron chi connectivity index (χ0n) is 21.5. The molecule has 4 rings (SSSR count). The van der Waals surface area contributed by atoms with Crippen molar-refractivity contribution in [3.05, 3.63) is 100 Å². The lowest BCUT2D eigenvalue weighted by Gasteiger charge is -2.26. The predicted octanol–water partition coefficient (Wildman–Crippen LogP) is 6.20. The van der Waals surface area contributed by atoms with Gasteiger partial charge in [0.15, 0.2) is 0 Å². The summed E-state index contributed by atoms with van der Waals surface area (Å²) in [5.41, 5.74) is 4.06. The van der Waals surface area contributed by atoms with Gasteiger partial charge in [-0.2, -0.15) is 0 Å². The number of nitrogens with zero attached hydrogens (tertiary/aromatic N) is 1. The quantitative estimate of drug-likeness (QED) is 0.158. The van der Waals surface area contributed by atoms with E-state index in [1.165, 1.54) is 17.0 Å². The third-order valence-electron chi connectivity index (χ3n) is 6.74. The molecule has 0 bridgehead atoms. The van der Waals surface area contributed by atoms with E-state index >= 15 is 0 Å². The van der Waals surface area contributed by atoms with E-state index in [0.717, 1.165) is 36.0 Å². The highest BCUT2D eigenvalue weighted by Crippen LogP contribution is 2.41. The van der Waals surface area contributed by atoms with Crippen molar-refractivity contribution >= 4 is 17.4 Å². The molecule has 0 aliphatic carbocycles. The number of phenolic OH excluding ortho intramolecular Hbond substituents is 1. The highest BCUT2D eigenvalue weighted by molar-refractivity contribution is 6.46. The van der Waals surface area contributed by atoms with Crippen LogP contribution >= 0.6 is 0 Å². The van der Waals surface area contributed by atoms with Gasteiger partial charge in [-0.3, -0.25) is 9.59 Å². The number of hydrogen-bond acceptors (Lipinski definition) is 5. The number of benzene rings is 3. The monoisotopic (exact) mass is 499 g/mol. The molecule has 1 aliphatic rings. The maximum atomic E-state index is 13.3. The molecule has 1 unspecified atom stereocenters. The van der Waals surface area contributed by atoms with Crippen LogP contribution in [0.2, 0.25) is 0 Å². The van der Waals surface area contributed by atoms with Crippen LogP contribution in [-0.2, 0) is 16.1 Å². The number of aliphatic hydroxyl groups is 1. The summed E-state index contributed by atoms with van der Waals surface area (Å²) in [6, 6.07) is 18.4. The molecular weight excluding hydrogens is 466 g/mol. The third-order valence-corrected chi connectivity index (χ3v) is 6.74. The summed E-state index contributed by atoms with van der Waals surface area (Å²) >= 11 is 0. The first-order valence-corrected chi connectivity index (χ1v) is 12.7.